The molecule has 1 aromatic heterocycles. The average Bonchev–Trinajstić information content (AvgIpc) is 2.91. The van der Waals surface area contributed by atoms with Gasteiger partial charge < -0.3 is 10.5 Å². The molecule has 0 saturated carbocycles. The number of anilines is 1. The Morgan fingerprint density at radius 2 is 2.08 bits per heavy atom. The Labute approximate surface area is 139 Å². The molecule has 0 fully saturated rings. The molecule has 24 heavy (non-hydrogen) atoms. The molecule has 0 radical (unpaired) electrons. The SMILES string of the molecule is COC(=O)c1cc(C(=O)c2ncc3n2C=CC(C)C=C3)ccc1N. The Bertz CT molecular complexity index is 878. The zero-order valence-electron chi connectivity index (χ0n) is 13.4. The Kier molecular flexibility index (Phi) is 4.04. The number of ether oxygens (including phenoxy) is 1. The number of nitrogens with two attached hydrogens (primary N) is 1. The fourth-order valence-corrected chi connectivity index (χ4v) is 2.47. The molecule has 2 N–H and O–H groups in total. The van der Waals surface area contributed by atoms with Crippen LogP contribution in [-0.4, -0.2) is 28.4 Å². The van der Waals surface area contributed by atoms with Gasteiger partial charge in [-0.15, -0.1) is 0 Å². The number of fused-ring (bicyclic) bond motifs is 1. The number of imidazole rings is 1. The summed E-state index contributed by atoms with van der Waals surface area (Å²) in [6.07, 6.45) is 9.42. The van der Waals surface area contributed by atoms with Crippen molar-refractivity contribution in [2.24, 2.45) is 5.92 Å². The highest BCUT2D eigenvalue weighted by molar-refractivity contribution is 6.09. The lowest BCUT2D eigenvalue weighted by Crippen LogP contribution is -2.12. The van der Waals surface area contributed by atoms with Crippen LogP contribution in [-0.2, 0) is 4.74 Å². The van der Waals surface area contributed by atoms with Crippen molar-refractivity contribution in [3.63, 3.8) is 0 Å². The number of methoxy groups -OCH3 is 1. The first-order chi connectivity index (χ1) is 11.5. The zero-order valence-corrected chi connectivity index (χ0v) is 13.4. The number of benzene rings is 1. The Hall–Kier alpha value is -3.15. The molecule has 3 rings (SSSR count). The van der Waals surface area contributed by atoms with E-state index in [9.17, 15) is 9.59 Å². The van der Waals surface area contributed by atoms with E-state index in [-0.39, 0.29) is 28.8 Å². The summed E-state index contributed by atoms with van der Waals surface area (Å²) in [4.78, 5) is 28.8. The van der Waals surface area contributed by atoms with Crippen molar-refractivity contribution in [2.75, 3.05) is 12.8 Å². The summed E-state index contributed by atoms with van der Waals surface area (Å²) in [5.74, 6) is -0.323. The van der Waals surface area contributed by atoms with E-state index in [1.807, 2.05) is 24.4 Å². The molecule has 2 heterocycles. The second kappa shape index (κ2) is 6.16. The summed E-state index contributed by atoms with van der Waals surface area (Å²) in [5, 5.41) is 0. The van der Waals surface area contributed by atoms with Gasteiger partial charge in [0.25, 0.3) is 0 Å². The molecular formula is C18H17N3O3. The number of rotatable bonds is 3. The Morgan fingerprint density at radius 1 is 1.29 bits per heavy atom. The number of allylic oxidation sites excluding steroid dienone is 2. The maximum atomic E-state index is 12.8. The molecule has 1 aromatic carbocycles. The van der Waals surface area contributed by atoms with E-state index in [0.29, 0.717) is 5.56 Å². The first-order valence-corrected chi connectivity index (χ1v) is 7.47. The van der Waals surface area contributed by atoms with Crippen LogP contribution in [0.1, 0.15) is 39.2 Å². The number of nitrogens with zero attached hydrogens (tertiary/aromatic N) is 2. The smallest absolute Gasteiger partial charge is 0.339 e. The maximum absolute atomic E-state index is 12.8. The molecule has 2 aromatic rings. The molecule has 6 heteroatoms. The van der Waals surface area contributed by atoms with Gasteiger partial charge in [-0.2, -0.15) is 0 Å². The summed E-state index contributed by atoms with van der Waals surface area (Å²) >= 11 is 0. The number of ketones is 1. The molecule has 122 valence electrons. The van der Waals surface area contributed by atoms with E-state index in [1.54, 1.807) is 16.8 Å². The van der Waals surface area contributed by atoms with Crippen LogP contribution < -0.4 is 5.73 Å². The maximum Gasteiger partial charge on any atom is 0.339 e. The van der Waals surface area contributed by atoms with Gasteiger partial charge in [-0.1, -0.05) is 19.1 Å². The summed E-state index contributed by atoms with van der Waals surface area (Å²) in [5.41, 5.74) is 7.35. The van der Waals surface area contributed by atoms with Gasteiger partial charge in [0.2, 0.25) is 5.78 Å². The van der Waals surface area contributed by atoms with Crippen LogP contribution in [0.15, 0.2) is 36.5 Å². The van der Waals surface area contributed by atoms with Crippen LogP contribution in [0, 0.1) is 5.92 Å². The predicted octanol–water partition coefficient (Wildman–Crippen LogP) is 2.62. The molecule has 0 amide bonds. The molecule has 0 aliphatic carbocycles. The van der Waals surface area contributed by atoms with E-state index >= 15 is 0 Å². The lowest BCUT2D eigenvalue weighted by molar-refractivity contribution is 0.0602. The second-order valence-electron chi connectivity index (χ2n) is 5.56. The van der Waals surface area contributed by atoms with Crippen LogP contribution in [0.25, 0.3) is 12.3 Å². The van der Waals surface area contributed by atoms with Crippen molar-refractivity contribution in [1.82, 2.24) is 9.55 Å². The molecule has 0 spiro atoms. The van der Waals surface area contributed by atoms with Crippen molar-refractivity contribution in [2.45, 2.75) is 6.92 Å². The predicted molar refractivity (Wildman–Crippen MR) is 91.4 cm³/mol. The summed E-state index contributed by atoms with van der Waals surface area (Å²) in [6.45, 7) is 2.05. The first-order valence-electron chi connectivity index (χ1n) is 7.47. The van der Waals surface area contributed by atoms with Gasteiger partial charge in [-0.05, 0) is 30.2 Å². The van der Waals surface area contributed by atoms with Crippen molar-refractivity contribution in [1.29, 1.82) is 0 Å². The fraction of sp³-hybridized carbons (Fsp3) is 0.167. The van der Waals surface area contributed by atoms with Crippen LogP contribution >= 0.6 is 0 Å². The van der Waals surface area contributed by atoms with Gasteiger partial charge in [0.1, 0.15) is 0 Å². The third-order valence-electron chi connectivity index (χ3n) is 3.86. The number of carbonyl (C=O) groups excluding carboxylic acids is 2. The number of carbonyl (C=O) groups is 2. The summed E-state index contributed by atoms with van der Waals surface area (Å²) in [6, 6.07) is 4.53. The van der Waals surface area contributed by atoms with Gasteiger partial charge in [0, 0.05) is 17.5 Å². The van der Waals surface area contributed by atoms with E-state index in [4.69, 9.17) is 10.5 Å². The van der Waals surface area contributed by atoms with Crippen LogP contribution in [0.5, 0.6) is 0 Å². The molecule has 0 saturated heterocycles. The van der Waals surface area contributed by atoms with E-state index in [2.05, 4.69) is 11.9 Å². The minimum Gasteiger partial charge on any atom is -0.465 e. The number of nitrogen functional groups attached to an aromatic ring is 1. The van der Waals surface area contributed by atoms with Crippen LogP contribution in [0.2, 0.25) is 0 Å². The topological polar surface area (TPSA) is 87.2 Å². The number of hydrogen-bond donors (Lipinski definition) is 1. The lowest BCUT2D eigenvalue weighted by Gasteiger charge is -2.07. The highest BCUT2D eigenvalue weighted by Gasteiger charge is 2.20. The Morgan fingerprint density at radius 3 is 2.83 bits per heavy atom. The fourth-order valence-electron chi connectivity index (χ4n) is 2.47. The zero-order chi connectivity index (χ0) is 17.3. The molecule has 1 aliphatic heterocycles. The minimum atomic E-state index is -0.583. The van der Waals surface area contributed by atoms with Gasteiger partial charge in [0.15, 0.2) is 5.82 Å². The molecule has 1 atom stereocenters. The number of aromatic nitrogens is 2. The third kappa shape index (κ3) is 2.74. The normalized spacial score (nSPS) is 15.7. The lowest BCUT2D eigenvalue weighted by atomic mass is 10.0. The summed E-state index contributed by atoms with van der Waals surface area (Å²) < 4.78 is 6.42. The Balaban J connectivity index is 2.03. The van der Waals surface area contributed by atoms with Crippen LogP contribution in [0.4, 0.5) is 5.69 Å². The highest BCUT2D eigenvalue weighted by Crippen LogP contribution is 2.21. The average molecular weight is 323 g/mol. The van der Waals surface area contributed by atoms with Gasteiger partial charge in [-0.25, -0.2) is 9.78 Å². The molecule has 0 bridgehead atoms. The van der Waals surface area contributed by atoms with E-state index < -0.39 is 5.97 Å². The quantitative estimate of drug-likeness (QED) is 0.533. The van der Waals surface area contributed by atoms with Crippen molar-refractivity contribution >= 4 is 29.7 Å². The van der Waals surface area contributed by atoms with Crippen LogP contribution in [0.3, 0.4) is 0 Å². The molecule has 1 aliphatic rings. The largest absolute Gasteiger partial charge is 0.465 e. The molecular weight excluding hydrogens is 306 g/mol. The van der Waals surface area contributed by atoms with Crippen molar-refractivity contribution in [3.05, 3.63) is 59.2 Å². The minimum absolute atomic E-state index is 0.162. The van der Waals surface area contributed by atoms with E-state index in [0.717, 1.165) is 5.69 Å². The molecule has 6 nitrogen and oxygen atoms in total. The monoisotopic (exact) mass is 323 g/mol. The molecule has 1 unspecified atom stereocenters. The van der Waals surface area contributed by atoms with Gasteiger partial charge in [0.05, 0.1) is 24.6 Å². The highest BCUT2D eigenvalue weighted by atomic mass is 16.5. The summed E-state index contributed by atoms with van der Waals surface area (Å²) in [7, 11) is 1.27. The van der Waals surface area contributed by atoms with Gasteiger partial charge >= 0.3 is 5.97 Å². The van der Waals surface area contributed by atoms with Crippen molar-refractivity contribution < 1.29 is 14.3 Å². The number of hydrogen-bond acceptors (Lipinski definition) is 5. The standard InChI is InChI=1S/C18H17N3O3/c1-11-3-5-13-10-20-17(21(13)8-7-11)16(22)12-4-6-15(19)14(9-12)18(23)24-2/h3-11H,19H2,1-2H3. The van der Waals surface area contributed by atoms with Gasteiger partial charge in [-0.3, -0.25) is 9.36 Å². The number of esters is 1. The second-order valence-corrected chi connectivity index (χ2v) is 5.56. The third-order valence-corrected chi connectivity index (χ3v) is 3.86. The van der Waals surface area contributed by atoms with Crippen molar-refractivity contribution in [3.8, 4) is 0 Å². The van der Waals surface area contributed by atoms with E-state index in [1.165, 1.54) is 19.2 Å². The first kappa shape index (κ1) is 15.7.